The number of hydrogen-bond acceptors (Lipinski definition) is 3. The highest BCUT2D eigenvalue weighted by Gasteiger charge is 2.47. The zero-order chi connectivity index (χ0) is 22.8. The monoisotopic (exact) mass is 429 g/mol. The van der Waals surface area contributed by atoms with Gasteiger partial charge in [0.25, 0.3) is 0 Å². The first kappa shape index (κ1) is 23.1. The van der Waals surface area contributed by atoms with Crippen molar-refractivity contribution in [3.8, 4) is 11.8 Å². The molecule has 1 heterocycles. The molecule has 0 bridgehead atoms. The van der Waals surface area contributed by atoms with E-state index in [-0.39, 0.29) is 23.9 Å². The summed E-state index contributed by atoms with van der Waals surface area (Å²) in [6.45, 7) is 6.42. The number of rotatable bonds is 4. The van der Waals surface area contributed by atoms with Crippen molar-refractivity contribution in [2.45, 2.75) is 71.6 Å². The van der Waals surface area contributed by atoms with E-state index in [2.05, 4.69) is 11.8 Å². The Morgan fingerprint density at radius 2 is 1.68 bits per heavy atom. The van der Waals surface area contributed by atoms with E-state index in [4.69, 9.17) is 0 Å². The molecule has 1 saturated carbocycles. The number of piperidine rings is 1. The third-order valence-electron chi connectivity index (χ3n) is 6.65. The molecule has 3 rings (SSSR count). The number of aryl methyl sites for hydroxylation is 2. The molecule has 0 atom stereocenters. The van der Waals surface area contributed by atoms with Crippen LogP contribution in [0.15, 0.2) is 12.1 Å². The summed E-state index contributed by atoms with van der Waals surface area (Å²) in [6, 6.07) is 3.85. The fourth-order valence-corrected chi connectivity index (χ4v) is 5.13. The largest absolute Gasteiger partial charge is 0.343 e. The summed E-state index contributed by atoms with van der Waals surface area (Å²) in [6.07, 6.45) is -1.33. The molecule has 31 heavy (non-hydrogen) atoms. The Morgan fingerprint density at radius 1 is 1.13 bits per heavy atom. The van der Waals surface area contributed by atoms with Gasteiger partial charge in [-0.1, -0.05) is 5.92 Å². The molecule has 1 saturated heterocycles. The lowest BCUT2D eigenvalue weighted by Gasteiger charge is -2.45. The standard InChI is InChI=1S/C25H29F2NO3/c1-4-5-18-12-16(2)23(17(3)13-18)24-19(29)14-25(15-20(24)30)8-10-28(11-9-25)22(31)7-6-21(26)27/h12-13,21,24H,6-11,14-15H2,1-3H3. The van der Waals surface area contributed by atoms with E-state index >= 15 is 0 Å². The Labute approximate surface area is 182 Å². The van der Waals surface area contributed by atoms with Crippen LogP contribution in [-0.2, 0) is 14.4 Å². The molecule has 1 aromatic carbocycles. The number of carbonyl (C=O) groups is 3. The topological polar surface area (TPSA) is 54.5 Å². The van der Waals surface area contributed by atoms with Crippen molar-refractivity contribution in [3.05, 3.63) is 34.4 Å². The lowest BCUT2D eigenvalue weighted by molar-refractivity contribution is -0.140. The number of Topliss-reactive ketones (excluding diaryl/α,β-unsaturated/α-hetero) is 2. The Bertz CT molecular complexity index is 906. The van der Waals surface area contributed by atoms with Crippen LogP contribution < -0.4 is 0 Å². The number of nitrogens with zero attached hydrogens (tertiary/aromatic N) is 1. The van der Waals surface area contributed by atoms with Gasteiger partial charge in [-0.15, -0.1) is 5.92 Å². The van der Waals surface area contributed by atoms with Crippen molar-refractivity contribution in [1.82, 2.24) is 4.90 Å². The van der Waals surface area contributed by atoms with Gasteiger partial charge >= 0.3 is 0 Å². The summed E-state index contributed by atoms with van der Waals surface area (Å²) in [4.78, 5) is 40.1. The zero-order valence-corrected chi connectivity index (χ0v) is 18.4. The highest BCUT2D eigenvalue weighted by molar-refractivity contribution is 6.10. The van der Waals surface area contributed by atoms with Crippen molar-refractivity contribution < 1.29 is 23.2 Å². The summed E-state index contributed by atoms with van der Waals surface area (Å²) in [7, 11) is 0. The summed E-state index contributed by atoms with van der Waals surface area (Å²) in [5, 5.41) is 0. The molecule has 1 aliphatic heterocycles. The summed E-state index contributed by atoms with van der Waals surface area (Å²) in [5.41, 5.74) is 3.06. The van der Waals surface area contributed by atoms with Crippen molar-refractivity contribution in [2.24, 2.45) is 5.41 Å². The molecule has 0 unspecified atom stereocenters. The Hall–Kier alpha value is -2.55. The van der Waals surface area contributed by atoms with Crippen LogP contribution in [0.2, 0.25) is 0 Å². The molecule has 2 aliphatic rings. The predicted molar refractivity (Wildman–Crippen MR) is 114 cm³/mol. The summed E-state index contributed by atoms with van der Waals surface area (Å²) in [5.74, 6) is 4.76. The molecule has 1 amide bonds. The molecular weight excluding hydrogens is 400 g/mol. The lowest BCUT2D eigenvalue weighted by atomic mass is 9.62. The van der Waals surface area contributed by atoms with Crippen LogP contribution in [0.3, 0.4) is 0 Å². The van der Waals surface area contributed by atoms with Gasteiger partial charge in [-0.2, -0.15) is 0 Å². The SMILES string of the molecule is CC#Cc1cc(C)c(C2C(=O)CC3(CCN(C(=O)CCC(F)F)CC3)CC2=O)c(C)c1. The third-order valence-corrected chi connectivity index (χ3v) is 6.65. The fourth-order valence-electron chi connectivity index (χ4n) is 5.13. The number of benzene rings is 1. The molecule has 1 aliphatic carbocycles. The number of ketones is 2. The van der Waals surface area contributed by atoms with Crippen LogP contribution in [-0.4, -0.2) is 41.9 Å². The van der Waals surface area contributed by atoms with Gasteiger partial charge in [0, 0.05) is 44.3 Å². The Balaban J connectivity index is 1.71. The number of carbonyl (C=O) groups excluding carboxylic acids is 3. The number of halogens is 2. The quantitative estimate of drug-likeness (QED) is 0.528. The van der Waals surface area contributed by atoms with Gasteiger partial charge in [-0.3, -0.25) is 14.4 Å². The average molecular weight is 430 g/mol. The summed E-state index contributed by atoms with van der Waals surface area (Å²) < 4.78 is 24.8. The van der Waals surface area contributed by atoms with E-state index in [1.165, 1.54) is 0 Å². The second kappa shape index (κ2) is 9.30. The van der Waals surface area contributed by atoms with Gasteiger partial charge in [0.2, 0.25) is 12.3 Å². The number of hydrogen-bond donors (Lipinski definition) is 0. The molecule has 0 radical (unpaired) electrons. The normalized spacial score (nSPS) is 19.0. The molecule has 1 spiro atoms. The summed E-state index contributed by atoms with van der Waals surface area (Å²) >= 11 is 0. The highest BCUT2D eigenvalue weighted by atomic mass is 19.3. The Kier molecular flexibility index (Phi) is 6.93. The van der Waals surface area contributed by atoms with Crippen LogP contribution in [0.5, 0.6) is 0 Å². The first-order valence-corrected chi connectivity index (χ1v) is 10.8. The van der Waals surface area contributed by atoms with Crippen molar-refractivity contribution >= 4 is 17.5 Å². The van der Waals surface area contributed by atoms with E-state index in [0.717, 1.165) is 22.3 Å². The lowest BCUT2D eigenvalue weighted by Crippen LogP contribution is -2.48. The maximum atomic E-state index is 13.2. The van der Waals surface area contributed by atoms with Crippen molar-refractivity contribution in [1.29, 1.82) is 0 Å². The Morgan fingerprint density at radius 3 is 2.16 bits per heavy atom. The first-order chi connectivity index (χ1) is 14.7. The van der Waals surface area contributed by atoms with Gasteiger partial charge in [0.05, 0.1) is 0 Å². The van der Waals surface area contributed by atoms with Gasteiger partial charge in [-0.05, 0) is 67.9 Å². The number of likely N-dealkylation sites (tertiary alicyclic amines) is 1. The van der Waals surface area contributed by atoms with Crippen molar-refractivity contribution in [2.75, 3.05) is 13.1 Å². The molecule has 2 fully saturated rings. The average Bonchev–Trinajstić information content (AvgIpc) is 2.68. The number of alkyl halides is 2. The van der Waals surface area contributed by atoms with Crippen LogP contribution in [0.25, 0.3) is 0 Å². The van der Waals surface area contributed by atoms with E-state index in [0.29, 0.717) is 38.8 Å². The van der Waals surface area contributed by atoms with Crippen LogP contribution in [0.4, 0.5) is 8.78 Å². The second-order valence-corrected chi connectivity index (χ2v) is 8.93. The minimum atomic E-state index is -2.49. The zero-order valence-electron chi connectivity index (χ0n) is 18.4. The molecule has 166 valence electrons. The fraction of sp³-hybridized carbons (Fsp3) is 0.560. The van der Waals surface area contributed by atoms with E-state index in [1.54, 1.807) is 11.8 Å². The van der Waals surface area contributed by atoms with Gasteiger partial charge in [0.15, 0.2) is 0 Å². The van der Waals surface area contributed by atoms with E-state index < -0.39 is 24.2 Å². The van der Waals surface area contributed by atoms with Crippen molar-refractivity contribution in [3.63, 3.8) is 0 Å². The minimum absolute atomic E-state index is 0.0609. The minimum Gasteiger partial charge on any atom is -0.343 e. The maximum absolute atomic E-state index is 13.2. The molecule has 0 aromatic heterocycles. The molecule has 0 N–H and O–H groups in total. The molecule has 4 nitrogen and oxygen atoms in total. The first-order valence-electron chi connectivity index (χ1n) is 10.8. The molecule has 1 aromatic rings. The van der Waals surface area contributed by atoms with Gasteiger partial charge < -0.3 is 4.90 Å². The van der Waals surface area contributed by atoms with Gasteiger partial charge in [-0.25, -0.2) is 8.78 Å². The third kappa shape index (κ3) is 5.03. The second-order valence-electron chi connectivity index (χ2n) is 8.93. The smallest absolute Gasteiger partial charge is 0.239 e. The van der Waals surface area contributed by atoms with E-state index in [1.807, 2.05) is 26.0 Å². The highest BCUT2D eigenvalue weighted by Crippen LogP contribution is 2.46. The predicted octanol–water partition coefficient (Wildman–Crippen LogP) is 4.34. The molecular formula is C25H29F2NO3. The van der Waals surface area contributed by atoms with Gasteiger partial charge in [0.1, 0.15) is 17.5 Å². The number of amides is 1. The van der Waals surface area contributed by atoms with E-state index in [9.17, 15) is 23.2 Å². The van der Waals surface area contributed by atoms with Crippen LogP contribution in [0, 0.1) is 31.1 Å². The maximum Gasteiger partial charge on any atom is 0.239 e. The van der Waals surface area contributed by atoms with Crippen LogP contribution in [0.1, 0.15) is 73.6 Å². The van der Waals surface area contributed by atoms with Crippen LogP contribution >= 0.6 is 0 Å². The molecule has 6 heteroatoms.